The van der Waals surface area contributed by atoms with Gasteiger partial charge in [-0.1, -0.05) is 48.5 Å². The van der Waals surface area contributed by atoms with E-state index < -0.39 is 5.97 Å². The molecule has 0 unspecified atom stereocenters. The molecule has 0 aromatic heterocycles. The third-order valence-corrected chi connectivity index (χ3v) is 3.37. The summed E-state index contributed by atoms with van der Waals surface area (Å²) in [4.78, 5) is 16.2. The van der Waals surface area contributed by atoms with E-state index in [9.17, 15) is 4.79 Å². The highest BCUT2D eigenvalue weighted by molar-refractivity contribution is 6.11. The molecule has 4 heteroatoms. The number of nitrogens with zero attached hydrogens (tertiary/aromatic N) is 1. The predicted molar refractivity (Wildman–Crippen MR) is 94.6 cm³/mol. The summed E-state index contributed by atoms with van der Waals surface area (Å²) in [6.45, 7) is 2.47. The van der Waals surface area contributed by atoms with Crippen LogP contribution in [-0.2, 0) is 9.53 Å². The van der Waals surface area contributed by atoms with Gasteiger partial charge in [-0.3, -0.25) is 0 Å². The van der Waals surface area contributed by atoms with E-state index in [2.05, 4.69) is 4.99 Å². The minimum absolute atomic E-state index is 0.259. The van der Waals surface area contributed by atoms with Crippen molar-refractivity contribution in [3.05, 3.63) is 77.5 Å². The molecule has 0 atom stereocenters. The van der Waals surface area contributed by atoms with Crippen molar-refractivity contribution in [1.82, 2.24) is 0 Å². The molecule has 1 aliphatic heterocycles. The minimum Gasteiger partial charge on any atom is -0.493 e. The van der Waals surface area contributed by atoms with Gasteiger partial charge in [0, 0.05) is 11.6 Å². The van der Waals surface area contributed by atoms with Gasteiger partial charge in [0.15, 0.2) is 5.70 Å². The number of carbonyl (C=O) groups excluding carboxylic acids is 1. The Balaban J connectivity index is 1.83. The lowest BCUT2D eigenvalue weighted by Crippen LogP contribution is -2.01. The highest BCUT2D eigenvalue weighted by Gasteiger charge is 2.21. The van der Waals surface area contributed by atoms with Crippen LogP contribution in [0.2, 0.25) is 0 Å². The number of hydrogen-bond donors (Lipinski definition) is 0. The normalized spacial score (nSPS) is 15.6. The third kappa shape index (κ3) is 3.79. The quantitative estimate of drug-likeness (QED) is 0.616. The minimum atomic E-state index is -0.464. The molecule has 0 N–H and O–H groups in total. The van der Waals surface area contributed by atoms with Crippen LogP contribution in [0, 0.1) is 0 Å². The van der Waals surface area contributed by atoms with Gasteiger partial charge in [0.05, 0.1) is 6.61 Å². The number of cyclic esters (lactones) is 1. The second-order valence-electron chi connectivity index (χ2n) is 5.08. The van der Waals surface area contributed by atoms with Crippen molar-refractivity contribution >= 4 is 24.0 Å². The van der Waals surface area contributed by atoms with E-state index >= 15 is 0 Å². The molecular formula is C20H17NO3. The lowest BCUT2D eigenvalue weighted by atomic mass is 10.1. The summed E-state index contributed by atoms with van der Waals surface area (Å²) in [5, 5.41) is 0. The number of ether oxygens (including phenoxy) is 2. The van der Waals surface area contributed by atoms with Crippen molar-refractivity contribution in [3.63, 3.8) is 0 Å². The van der Waals surface area contributed by atoms with E-state index in [1.54, 1.807) is 12.2 Å². The molecule has 2 aromatic carbocycles. The zero-order chi connectivity index (χ0) is 16.8. The van der Waals surface area contributed by atoms with E-state index in [0.29, 0.717) is 12.4 Å². The van der Waals surface area contributed by atoms with Crippen molar-refractivity contribution in [2.45, 2.75) is 6.92 Å². The Bertz CT molecular complexity index is 820. The van der Waals surface area contributed by atoms with E-state index in [4.69, 9.17) is 9.47 Å². The molecule has 1 heterocycles. The van der Waals surface area contributed by atoms with Crippen molar-refractivity contribution < 1.29 is 14.3 Å². The number of benzene rings is 2. The van der Waals surface area contributed by atoms with Gasteiger partial charge in [0.1, 0.15) is 5.75 Å². The molecule has 0 amide bonds. The largest absolute Gasteiger partial charge is 0.493 e. The maximum Gasteiger partial charge on any atom is 0.363 e. The standard InChI is InChI=1S/C20H17NO3/c1-2-23-18-11-7-6-10-16(18)14-17-20(22)24-19(21-17)13-12-15-8-4-3-5-9-15/h3-14H,2H2,1H3/b13-12-,17-14+. The number of rotatable bonds is 5. The van der Waals surface area contributed by atoms with Crippen LogP contribution >= 0.6 is 0 Å². The monoisotopic (exact) mass is 319 g/mol. The summed E-state index contributed by atoms with van der Waals surface area (Å²) in [6.07, 6.45) is 5.21. The van der Waals surface area contributed by atoms with Gasteiger partial charge in [0.25, 0.3) is 0 Å². The second-order valence-corrected chi connectivity index (χ2v) is 5.08. The van der Waals surface area contributed by atoms with Gasteiger partial charge < -0.3 is 9.47 Å². The molecule has 0 radical (unpaired) electrons. The molecule has 24 heavy (non-hydrogen) atoms. The Labute approximate surface area is 140 Å². The molecule has 0 saturated heterocycles. The smallest absolute Gasteiger partial charge is 0.363 e. The molecule has 0 fully saturated rings. The molecule has 3 rings (SSSR count). The molecule has 1 aliphatic rings. The zero-order valence-corrected chi connectivity index (χ0v) is 13.3. The van der Waals surface area contributed by atoms with E-state index in [1.807, 2.05) is 67.6 Å². The fraction of sp³-hybridized carbons (Fsp3) is 0.100. The van der Waals surface area contributed by atoms with Gasteiger partial charge in [-0.2, -0.15) is 0 Å². The van der Waals surface area contributed by atoms with Crippen LogP contribution in [0.1, 0.15) is 18.1 Å². The van der Waals surface area contributed by atoms with Gasteiger partial charge in [-0.05, 0) is 30.7 Å². The topological polar surface area (TPSA) is 47.9 Å². The highest BCUT2D eigenvalue weighted by Crippen LogP contribution is 2.23. The number of carbonyl (C=O) groups is 1. The van der Waals surface area contributed by atoms with E-state index in [0.717, 1.165) is 11.1 Å². The summed E-state index contributed by atoms with van der Waals surface area (Å²) >= 11 is 0. The molecule has 120 valence electrons. The molecular weight excluding hydrogens is 302 g/mol. The van der Waals surface area contributed by atoms with Crippen LogP contribution in [-0.4, -0.2) is 18.5 Å². The summed E-state index contributed by atoms with van der Waals surface area (Å²) in [5.74, 6) is 0.529. The fourth-order valence-corrected chi connectivity index (χ4v) is 2.26. The average Bonchev–Trinajstić information content (AvgIpc) is 2.96. The van der Waals surface area contributed by atoms with Gasteiger partial charge in [-0.25, -0.2) is 9.79 Å². The first-order chi connectivity index (χ1) is 11.8. The van der Waals surface area contributed by atoms with E-state index in [1.165, 1.54) is 0 Å². The average molecular weight is 319 g/mol. The Morgan fingerprint density at radius 1 is 1.04 bits per heavy atom. The summed E-state index contributed by atoms with van der Waals surface area (Å²) in [5.41, 5.74) is 2.06. The highest BCUT2D eigenvalue weighted by atomic mass is 16.6. The number of aliphatic imine (C=N–C) groups is 1. The number of hydrogen-bond acceptors (Lipinski definition) is 4. The van der Waals surface area contributed by atoms with Gasteiger partial charge in [0.2, 0.25) is 5.90 Å². The molecule has 0 spiro atoms. The first-order valence-corrected chi connectivity index (χ1v) is 7.74. The van der Waals surface area contributed by atoms with Crippen LogP contribution in [0.4, 0.5) is 0 Å². The molecule has 0 saturated carbocycles. The summed E-state index contributed by atoms with van der Waals surface area (Å²) in [7, 11) is 0. The Kier molecular flexibility index (Phi) is 4.87. The first-order valence-electron chi connectivity index (χ1n) is 7.74. The van der Waals surface area contributed by atoms with Crippen LogP contribution in [0.25, 0.3) is 12.2 Å². The summed E-state index contributed by atoms with van der Waals surface area (Å²) in [6, 6.07) is 17.3. The Morgan fingerprint density at radius 3 is 2.58 bits per heavy atom. The lowest BCUT2D eigenvalue weighted by molar-refractivity contribution is -0.129. The van der Waals surface area contributed by atoms with Crippen molar-refractivity contribution in [2.24, 2.45) is 4.99 Å². The van der Waals surface area contributed by atoms with Gasteiger partial charge in [-0.15, -0.1) is 0 Å². The van der Waals surface area contributed by atoms with Crippen molar-refractivity contribution in [2.75, 3.05) is 6.61 Å². The van der Waals surface area contributed by atoms with Crippen molar-refractivity contribution in [3.8, 4) is 5.75 Å². The third-order valence-electron chi connectivity index (χ3n) is 3.37. The Hall–Kier alpha value is -3.14. The Morgan fingerprint density at radius 2 is 1.79 bits per heavy atom. The van der Waals surface area contributed by atoms with E-state index in [-0.39, 0.29) is 11.6 Å². The van der Waals surface area contributed by atoms with Crippen molar-refractivity contribution in [1.29, 1.82) is 0 Å². The molecule has 2 aromatic rings. The SMILES string of the molecule is CCOc1ccccc1/C=C1N=C(/C=C\c2ccccc2)OC/1=O. The maximum absolute atomic E-state index is 12.0. The first kappa shape index (κ1) is 15.7. The number of esters is 1. The van der Waals surface area contributed by atoms with Crippen LogP contribution in [0.3, 0.4) is 0 Å². The molecule has 0 bridgehead atoms. The maximum atomic E-state index is 12.0. The number of para-hydroxylation sites is 1. The van der Waals surface area contributed by atoms with Crippen LogP contribution in [0.5, 0.6) is 5.75 Å². The van der Waals surface area contributed by atoms with Crippen LogP contribution < -0.4 is 4.74 Å². The van der Waals surface area contributed by atoms with Crippen LogP contribution in [0.15, 0.2) is 71.4 Å². The second kappa shape index (κ2) is 7.42. The predicted octanol–water partition coefficient (Wildman–Crippen LogP) is 4.09. The fourth-order valence-electron chi connectivity index (χ4n) is 2.26. The summed E-state index contributed by atoms with van der Waals surface area (Å²) < 4.78 is 10.7. The molecule has 0 aliphatic carbocycles. The van der Waals surface area contributed by atoms with Gasteiger partial charge >= 0.3 is 5.97 Å². The lowest BCUT2D eigenvalue weighted by Gasteiger charge is -2.06. The molecule has 4 nitrogen and oxygen atoms in total. The zero-order valence-electron chi connectivity index (χ0n) is 13.3.